The van der Waals surface area contributed by atoms with E-state index in [1.807, 2.05) is 18.2 Å². The van der Waals surface area contributed by atoms with Crippen LogP contribution in [0.2, 0.25) is 0 Å². The number of urea groups is 1. The van der Waals surface area contributed by atoms with Crippen molar-refractivity contribution in [3.8, 4) is 0 Å². The lowest BCUT2D eigenvalue weighted by Crippen LogP contribution is -2.36. The molecule has 1 heterocycles. The number of nitrogens with two attached hydrogens (primary N) is 1. The standard InChI is InChI=1S/C20H24N4O2/c21-20(26)23-17-10-8-16(9-11-17)19(25)22-14-18(24-12-4-5-13-24)15-6-2-1-3-7-15/h1-3,6-11,18H,4-5,12-14H2,(H,22,25)(H3,21,23,26). The van der Waals surface area contributed by atoms with Crippen molar-refractivity contribution >= 4 is 17.6 Å². The number of carbonyl (C=O) groups is 2. The molecule has 4 N–H and O–H groups in total. The number of hydrogen-bond donors (Lipinski definition) is 3. The smallest absolute Gasteiger partial charge is 0.316 e. The maximum absolute atomic E-state index is 12.5. The van der Waals surface area contributed by atoms with Gasteiger partial charge >= 0.3 is 6.03 Å². The first-order chi connectivity index (χ1) is 12.6. The Balaban J connectivity index is 1.64. The number of rotatable bonds is 6. The highest BCUT2D eigenvalue weighted by Gasteiger charge is 2.23. The minimum atomic E-state index is -0.626. The first kappa shape index (κ1) is 17.9. The molecule has 1 unspecified atom stereocenters. The van der Waals surface area contributed by atoms with E-state index in [-0.39, 0.29) is 11.9 Å². The fourth-order valence-electron chi connectivity index (χ4n) is 3.32. The highest BCUT2D eigenvalue weighted by atomic mass is 16.2. The minimum absolute atomic E-state index is 0.129. The van der Waals surface area contributed by atoms with Gasteiger partial charge in [0.15, 0.2) is 0 Å². The number of anilines is 1. The molecule has 0 aliphatic carbocycles. The van der Waals surface area contributed by atoms with E-state index >= 15 is 0 Å². The Morgan fingerprint density at radius 2 is 1.65 bits per heavy atom. The van der Waals surface area contributed by atoms with Crippen LogP contribution in [0.1, 0.15) is 34.8 Å². The third-order valence-electron chi connectivity index (χ3n) is 4.64. The minimum Gasteiger partial charge on any atom is -0.351 e. The van der Waals surface area contributed by atoms with Crippen LogP contribution in [0, 0.1) is 0 Å². The van der Waals surface area contributed by atoms with Gasteiger partial charge in [0, 0.05) is 17.8 Å². The zero-order valence-corrected chi connectivity index (χ0v) is 14.7. The number of carbonyl (C=O) groups excluding carboxylic acids is 2. The van der Waals surface area contributed by atoms with E-state index in [0.29, 0.717) is 17.8 Å². The Labute approximate surface area is 153 Å². The first-order valence-corrected chi connectivity index (χ1v) is 8.87. The van der Waals surface area contributed by atoms with E-state index in [2.05, 4.69) is 27.7 Å². The van der Waals surface area contributed by atoms with Gasteiger partial charge in [0.25, 0.3) is 5.91 Å². The van der Waals surface area contributed by atoms with Gasteiger partial charge in [-0.3, -0.25) is 9.69 Å². The first-order valence-electron chi connectivity index (χ1n) is 8.87. The van der Waals surface area contributed by atoms with Crippen LogP contribution in [0.25, 0.3) is 0 Å². The molecule has 0 spiro atoms. The summed E-state index contributed by atoms with van der Waals surface area (Å²) in [6.07, 6.45) is 2.40. The van der Waals surface area contributed by atoms with Gasteiger partial charge in [-0.25, -0.2) is 4.79 Å². The molecule has 6 nitrogen and oxygen atoms in total. The van der Waals surface area contributed by atoms with Crippen LogP contribution in [0.4, 0.5) is 10.5 Å². The molecule has 2 aromatic carbocycles. The van der Waals surface area contributed by atoms with Crippen LogP contribution in [0.5, 0.6) is 0 Å². The predicted octanol–water partition coefficient (Wildman–Crippen LogP) is 2.74. The largest absolute Gasteiger partial charge is 0.351 e. The summed E-state index contributed by atoms with van der Waals surface area (Å²) in [5, 5.41) is 5.52. The average molecular weight is 352 g/mol. The Morgan fingerprint density at radius 1 is 1.00 bits per heavy atom. The summed E-state index contributed by atoms with van der Waals surface area (Å²) in [6.45, 7) is 2.68. The number of nitrogens with zero attached hydrogens (tertiary/aromatic N) is 1. The van der Waals surface area contributed by atoms with Crippen molar-refractivity contribution in [2.75, 3.05) is 25.0 Å². The van der Waals surface area contributed by atoms with Crippen molar-refractivity contribution in [2.45, 2.75) is 18.9 Å². The number of primary amides is 1. The van der Waals surface area contributed by atoms with Crippen LogP contribution < -0.4 is 16.4 Å². The van der Waals surface area contributed by atoms with E-state index in [9.17, 15) is 9.59 Å². The number of amides is 3. The lowest BCUT2D eigenvalue weighted by atomic mass is 10.1. The van der Waals surface area contributed by atoms with Crippen molar-refractivity contribution in [3.63, 3.8) is 0 Å². The van der Waals surface area contributed by atoms with Gasteiger partial charge in [-0.05, 0) is 55.8 Å². The number of nitrogens with one attached hydrogen (secondary N) is 2. The Bertz CT molecular complexity index is 740. The molecule has 1 aliphatic heterocycles. The lowest BCUT2D eigenvalue weighted by molar-refractivity contribution is 0.0938. The van der Waals surface area contributed by atoms with E-state index in [4.69, 9.17) is 5.73 Å². The highest BCUT2D eigenvalue weighted by Crippen LogP contribution is 2.24. The monoisotopic (exact) mass is 352 g/mol. The average Bonchev–Trinajstić information content (AvgIpc) is 3.17. The van der Waals surface area contributed by atoms with Crippen molar-refractivity contribution in [1.29, 1.82) is 0 Å². The molecule has 1 saturated heterocycles. The lowest BCUT2D eigenvalue weighted by Gasteiger charge is -2.28. The molecule has 1 fully saturated rings. The fraction of sp³-hybridized carbons (Fsp3) is 0.300. The summed E-state index contributed by atoms with van der Waals surface area (Å²) >= 11 is 0. The normalized spacial score (nSPS) is 15.4. The van der Waals surface area contributed by atoms with E-state index in [1.165, 1.54) is 18.4 Å². The molecule has 1 aliphatic rings. The molecule has 1 atom stereocenters. The van der Waals surface area contributed by atoms with Gasteiger partial charge in [-0.2, -0.15) is 0 Å². The van der Waals surface area contributed by atoms with Crippen LogP contribution in [-0.2, 0) is 0 Å². The molecule has 136 valence electrons. The second kappa shape index (κ2) is 8.49. The Hall–Kier alpha value is -2.86. The molecular weight excluding hydrogens is 328 g/mol. The third kappa shape index (κ3) is 4.61. The van der Waals surface area contributed by atoms with Crippen LogP contribution in [0.15, 0.2) is 54.6 Å². The Kier molecular flexibility index (Phi) is 5.86. The third-order valence-corrected chi connectivity index (χ3v) is 4.64. The summed E-state index contributed by atoms with van der Waals surface area (Å²) in [5.74, 6) is -0.129. The molecule has 0 saturated carbocycles. The number of likely N-dealkylation sites (tertiary alicyclic amines) is 1. The summed E-state index contributed by atoms with van der Waals surface area (Å²) in [4.78, 5) is 25.8. The summed E-state index contributed by atoms with van der Waals surface area (Å²) < 4.78 is 0. The van der Waals surface area contributed by atoms with Crippen molar-refractivity contribution in [3.05, 3.63) is 65.7 Å². The highest BCUT2D eigenvalue weighted by molar-refractivity contribution is 5.95. The van der Waals surface area contributed by atoms with E-state index in [0.717, 1.165) is 13.1 Å². The Morgan fingerprint density at radius 3 is 2.27 bits per heavy atom. The molecular formula is C20H24N4O2. The maximum Gasteiger partial charge on any atom is 0.316 e. The molecule has 0 radical (unpaired) electrons. The van der Waals surface area contributed by atoms with Gasteiger partial charge in [-0.15, -0.1) is 0 Å². The van der Waals surface area contributed by atoms with Crippen LogP contribution >= 0.6 is 0 Å². The molecule has 26 heavy (non-hydrogen) atoms. The summed E-state index contributed by atoms with van der Waals surface area (Å²) in [5.41, 5.74) is 7.42. The molecule has 6 heteroatoms. The van der Waals surface area contributed by atoms with Gasteiger partial charge in [0.05, 0.1) is 6.04 Å². The SMILES string of the molecule is NC(=O)Nc1ccc(C(=O)NCC(c2ccccc2)N2CCCC2)cc1. The molecule has 0 aromatic heterocycles. The zero-order valence-electron chi connectivity index (χ0n) is 14.7. The molecule has 2 aromatic rings. The van der Waals surface area contributed by atoms with Crippen molar-refractivity contribution < 1.29 is 9.59 Å². The summed E-state index contributed by atoms with van der Waals surface area (Å²) in [6, 6.07) is 16.5. The summed E-state index contributed by atoms with van der Waals surface area (Å²) in [7, 11) is 0. The quantitative estimate of drug-likeness (QED) is 0.747. The fourth-order valence-corrected chi connectivity index (χ4v) is 3.32. The van der Waals surface area contributed by atoms with Crippen LogP contribution in [0.3, 0.4) is 0 Å². The zero-order chi connectivity index (χ0) is 18.4. The van der Waals surface area contributed by atoms with Crippen molar-refractivity contribution in [2.24, 2.45) is 5.73 Å². The van der Waals surface area contributed by atoms with Crippen LogP contribution in [-0.4, -0.2) is 36.5 Å². The van der Waals surface area contributed by atoms with Gasteiger partial charge in [0.2, 0.25) is 0 Å². The molecule has 3 rings (SSSR count). The number of hydrogen-bond acceptors (Lipinski definition) is 3. The van der Waals surface area contributed by atoms with Gasteiger partial charge in [-0.1, -0.05) is 30.3 Å². The second-order valence-electron chi connectivity index (χ2n) is 6.45. The second-order valence-corrected chi connectivity index (χ2v) is 6.45. The predicted molar refractivity (Wildman–Crippen MR) is 102 cm³/mol. The maximum atomic E-state index is 12.5. The topological polar surface area (TPSA) is 87.5 Å². The van der Waals surface area contributed by atoms with Gasteiger partial charge < -0.3 is 16.4 Å². The van der Waals surface area contributed by atoms with Gasteiger partial charge in [0.1, 0.15) is 0 Å². The van der Waals surface area contributed by atoms with Crippen molar-refractivity contribution in [1.82, 2.24) is 10.2 Å². The molecule has 3 amide bonds. The number of benzene rings is 2. The molecule has 0 bridgehead atoms. The van der Waals surface area contributed by atoms with E-state index in [1.54, 1.807) is 24.3 Å². The van der Waals surface area contributed by atoms with E-state index < -0.39 is 6.03 Å².